The van der Waals surface area contributed by atoms with E-state index in [0.717, 1.165) is 18.8 Å². The third-order valence-electron chi connectivity index (χ3n) is 2.66. The van der Waals surface area contributed by atoms with E-state index in [1.807, 2.05) is 18.7 Å². The number of halogens is 3. The van der Waals surface area contributed by atoms with Crippen LogP contribution in [0.4, 0.5) is 13.2 Å². The van der Waals surface area contributed by atoms with Crippen molar-refractivity contribution in [3.63, 3.8) is 0 Å². The predicted molar refractivity (Wildman–Crippen MR) is 61.9 cm³/mol. The zero-order valence-electron chi connectivity index (χ0n) is 9.68. The molecule has 2 atom stereocenters. The third kappa shape index (κ3) is 5.41. The largest absolute Gasteiger partial charge is 0.401 e. The lowest BCUT2D eigenvalue weighted by Crippen LogP contribution is -2.47. The van der Waals surface area contributed by atoms with Crippen LogP contribution in [0.5, 0.6) is 0 Å². The minimum absolute atomic E-state index is 0.172. The Morgan fingerprint density at radius 1 is 1.50 bits per heavy atom. The van der Waals surface area contributed by atoms with E-state index in [4.69, 9.17) is 0 Å². The summed E-state index contributed by atoms with van der Waals surface area (Å²) in [5.41, 5.74) is 0. The highest BCUT2D eigenvalue weighted by Gasteiger charge is 2.27. The van der Waals surface area contributed by atoms with Gasteiger partial charge in [-0.2, -0.15) is 24.9 Å². The van der Waals surface area contributed by atoms with Gasteiger partial charge in [-0.25, -0.2) is 0 Å². The van der Waals surface area contributed by atoms with Gasteiger partial charge in [0.1, 0.15) is 0 Å². The molecule has 0 radical (unpaired) electrons. The summed E-state index contributed by atoms with van der Waals surface area (Å²) in [5.74, 6) is 1.07. The van der Waals surface area contributed by atoms with Crippen LogP contribution in [0.2, 0.25) is 0 Å². The van der Waals surface area contributed by atoms with Crippen molar-refractivity contribution < 1.29 is 13.2 Å². The third-order valence-corrected chi connectivity index (χ3v) is 3.80. The second-order valence-corrected chi connectivity index (χ2v) is 5.82. The highest BCUT2D eigenvalue weighted by atomic mass is 32.2. The highest BCUT2D eigenvalue weighted by molar-refractivity contribution is 7.99. The van der Waals surface area contributed by atoms with Crippen molar-refractivity contribution in [1.29, 1.82) is 0 Å². The van der Waals surface area contributed by atoms with Gasteiger partial charge in [0.05, 0.1) is 6.54 Å². The summed E-state index contributed by atoms with van der Waals surface area (Å²) < 4.78 is 35.8. The van der Waals surface area contributed by atoms with Crippen LogP contribution >= 0.6 is 11.8 Å². The SMILES string of the molecule is CC1CN(C(C)CNCC(F)(F)F)CCS1. The summed E-state index contributed by atoms with van der Waals surface area (Å²) in [6.45, 7) is 5.59. The van der Waals surface area contributed by atoms with Crippen molar-refractivity contribution in [2.45, 2.75) is 31.3 Å². The van der Waals surface area contributed by atoms with Crippen LogP contribution < -0.4 is 5.32 Å². The summed E-state index contributed by atoms with van der Waals surface area (Å²) in [6, 6.07) is 0.172. The first-order valence-corrected chi connectivity index (χ1v) is 6.56. The van der Waals surface area contributed by atoms with Crippen molar-refractivity contribution in [3.05, 3.63) is 0 Å². The van der Waals surface area contributed by atoms with Crippen molar-refractivity contribution in [2.75, 3.05) is 31.9 Å². The van der Waals surface area contributed by atoms with Crippen LogP contribution in [0.3, 0.4) is 0 Å². The number of hydrogen-bond acceptors (Lipinski definition) is 3. The Morgan fingerprint density at radius 3 is 2.75 bits per heavy atom. The lowest BCUT2D eigenvalue weighted by molar-refractivity contribution is -0.125. The first-order valence-electron chi connectivity index (χ1n) is 5.51. The number of thioether (sulfide) groups is 1. The summed E-state index contributed by atoms with van der Waals surface area (Å²) in [4.78, 5) is 2.25. The predicted octanol–water partition coefficient (Wildman–Crippen LogP) is 1.96. The van der Waals surface area contributed by atoms with Crippen LogP contribution in [0.1, 0.15) is 13.8 Å². The molecule has 1 aliphatic rings. The molecule has 0 saturated carbocycles. The fourth-order valence-electron chi connectivity index (χ4n) is 1.80. The standard InChI is InChI=1S/C10H19F3N2S/c1-8(5-14-7-10(11,12)13)15-3-4-16-9(2)6-15/h8-9,14H,3-7H2,1-2H3. The van der Waals surface area contributed by atoms with Gasteiger partial charge in [0.2, 0.25) is 0 Å². The van der Waals surface area contributed by atoms with Gasteiger partial charge in [0.15, 0.2) is 0 Å². The molecule has 1 aliphatic heterocycles. The summed E-state index contributed by atoms with van der Waals surface area (Å²) >= 11 is 1.93. The Bertz CT molecular complexity index is 211. The van der Waals surface area contributed by atoms with Crippen LogP contribution in [-0.2, 0) is 0 Å². The molecule has 2 unspecified atom stereocenters. The van der Waals surface area contributed by atoms with Gasteiger partial charge in [-0.15, -0.1) is 0 Å². The second kappa shape index (κ2) is 6.12. The molecule has 0 aromatic heterocycles. The Hall–Kier alpha value is 0.0600. The van der Waals surface area contributed by atoms with Crippen molar-refractivity contribution in [3.8, 4) is 0 Å². The second-order valence-electron chi connectivity index (χ2n) is 4.27. The summed E-state index contributed by atoms with van der Waals surface area (Å²) in [6.07, 6.45) is -4.11. The van der Waals surface area contributed by atoms with E-state index < -0.39 is 12.7 Å². The molecule has 0 aromatic rings. The lowest BCUT2D eigenvalue weighted by atomic mass is 10.2. The first-order chi connectivity index (χ1) is 7.38. The first kappa shape index (κ1) is 14.1. The van der Waals surface area contributed by atoms with Gasteiger partial charge in [-0.3, -0.25) is 4.90 Å². The van der Waals surface area contributed by atoms with Gasteiger partial charge in [-0.1, -0.05) is 6.92 Å². The molecule has 0 aromatic carbocycles. The Balaban J connectivity index is 2.21. The zero-order valence-corrected chi connectivity index (χ0v) is 10.5. The summed E-state index contributed by atoms with van der Waals surface area (Å²) in [7, 11) is 0. The molecule has 1 saturated heterocycles. The molecule has 0 spiro atoms. The van der Waals surface area contributed by atoms with E-state index in [2.05, 4.69) is 17.1 Å². The van der Waals surface area contributed by atoms with Crippen molar-refractivity contribution in [2.24, 2.45) is 0 Å². The van der Waals surface area contributed by atoms with Gasteiger partial charge in [-0.05, 0) is 6.92 Å². The van der Waals surface area contributed by atoms with Crippen LogP contribution in [0, 0.1) is 0 Å². The average Bonchev–Trinajstić information content (AvgIpc) is 2.15. The molecule has 2 nitrogen and oxygen atoms in total. The molecule has 96 valence electrons. The molecule has 1 fully saturated rings. The maximum atomic E-state index is 11.9. The highest BCUT2D eigenvalue weighted by Crippen LogP contribution is 2.19. The van der Waals surface area contributed by atoms with Crippen molar-refractivity contribution >= 4 is 11.8 Å². The Kier molecular flexibility index (Phi) is 5.40. The molecule has 6 heteroatoms. The molecule has 0 bridgehead atoms. The molecular formula is C10H19F3N2S. The normalized spacial score (nSPS) is 25.7. The molecule has 1 heterocycles. The van der Waals surface area contributed by atoms with Gasteiger partial charge in [0.25, 0.3) is 0 Å². The monoisotopic (exact) mass is 256 g/mol. The maximum absolute atomic E-state index is 11.9. The minimum atomic E-state index is -4.11. The lowest BCUT2D eigenvalue weighted by Gasteiger charge is -2.35. The van der Waals surface area contributed by atoms with E-state index in [-0.39, 0.29) is 6.04 Å². The maximum Gasteiger partial charge on any atom is 0.401 e. The molecule has 1 rings (SSSR count). The molecule has 0 aliphatic carbocycles. The fraction of sp³-hybridized carbons (Fsp3) is 1.00. The Morgan fingerprint density at radius 2 is 2.19 bits per heavy atom. The number of nitrogens with one attached hydrogen (secondary N) is 1. The molecule has 0 amide bonds. The number of hydrogen-bond donors (Lipinski definition) is 1. The minimum Gasteiger partial charge on any atom is -0.307 e. The van der Waals surface area contributed by atoms with E-state index in [0.29, 0.717) is 11.8 Å². The van der Waals surface area contributed by atoms with Gasteiger partial charge in [0, 0.05) is 36.7 Å². The van der Waals surface area contributed by atoms with E-state index >= 15 is 0 Å². The molecular weight excluding hydrogens is 237 g/mol. The topological polar surface area (TPSA) is 15.3 Å². The zero-order chi connectivity index (χ0) is 12.2. The van der Waals surface area contributed by atoms with Gasteiger partial charge < -0.3 is 5.32 Å². The quantitative estimate of drug-likeness (QED) is 0.828. The van der Waals surface area contributed by atoms with Gasteiger partial charge >= 0.3 is 6.18 Å². The van der Waals surface area contributed by atoms with E-state index in [1.54, 1.807) is 0 Å². The van der Waals surface area contributed by atoms with Crippen LogP contribution in [0.15, 0.2) is 0 Å². The number of alkyl halides is 3. The van der Waals surface area contributed by atoms with Crippen LogP contribution in [0.25, 0.3) is 0 Å². The average molecular weight is 256 g/mol. The smallest absolute Gasteiger partial charge is 0.307 e. The van der Waals surface area contributed by atoms with Crippen LogP contribution in [-0.4, -0.2) is 54.3 Å². The molecule has 16 heavy (non-hydrogen) atoms. The molecule has 1 N–H and O–H groups in total. The number of nitrogens with zero attached hydrogens (tertiary/aromatic N) is 1. The van der Waals surface area contributed by atoms with E-state index in [1.165, 1.54) is 0 Å². The Labute approximate surface area is 98.9 Å². The fourth-order valence-corrected chi connectivity index (χ4v) is 2.84. The van der Waals surface area contributed by atoms with E-state index in [9.17, 15) is 13.2 Å². The van der Waals surface area contributed by atoms with Crippen molar-refractivity contribution in [1.82, 2.24) is 10.2 Å². The number of rotatable bonds is 4. The summed E-state index contributed by atoms with van der Waals surface area (Å²) in [5, 5.41) is 3.05.